The number of para-hydroxylation sites is 1. The van der Waals surface area contributed by atoms with E-state index in [2.05, 4.69) is 127 Å². The van der Waals surface area contributed by atoms with Crippen LogP contribution in [0.5, 0.6) is 0 Å². The number of aromatic nitrogens is 2. The highest BCUT2D eigenvalue weighted by Crippen LogP contribution is 2.51. The minimum absolute atomic E-state index is 0.762. The van der Waals surface area contributed by atoms with Gasteiger partial charge in [0.2, 0.25) is 0 Å². The quantitative estimate of drug-likeness (QED) is 0.135. The summed E-state index contributed by atoms with van der Waals surface area (Å²) in [5.41, 5.74) is 7.55. The lowest BCUT2D eigenvalue weighted by molar-refractivity contribution is 0.592. The fraction of sp³-hybridized carbons (Fsp3) is 0.0426. The normalized spacial score (nSPS) is 15.2. The van der Waals surface area contributed by atoms with E-state index < -0.39 is 7.14 Å². The second-order valence-corrected chi connectivity index (χ2v) is 17.4. The van der Waals surface area contributed by atoms with Crippen LogP contribution in [0.15, 0.2) is 158 Å². The first-order valence-electron chi connectivity index (χ1n) is 17.8. The molecule has 52 heavy (non-hydrogen) atoms. The fourth-order valence-corrected chi connectivity index (χ4v) is 12.8. The molecule has 3 heterocycles. The molecule has 0 radical (unpaired) electrons. The number of rotatable bonds is 4. The molecule has 0 bridgehead atoms. The second kappa shape index (κ2) is 11.1. The predicted molar refractivity (Wildman–Crippen MR) is 222 cm³/mol. The van der Waals surface area contributed by atoms with Gasteiger partial charge < -0.3 is 4.57 Å². The Balaban J connectivity index is 1.21. The first-order chi connectivity index (χ1) is 25.6. The predicted octanol–water partition coefficient (Wildman–Crippen LogP) is 11.5. The molecule has 0 saturated heterocycles. The van der Waals surface area contributed by atoms with Crippen molar-refractivity contribution in [2.75, 3.05) is 0 Å². The molecule has 0 saturated carbocycles. The molecule has 0 spiro atoms. The van der Waals surface area contributed by atoms with Gasteiger partial charge in [0.1, 0.15) is 5.82 Å². The number of aryl methyl sites for hydroxylation is 1. The SMILES string of the molecule is CCc1nc2cccc3c2n1-c1cc(-c2c4ccccc4c(-c4ccc5c(c4)sc4ccccc45)c4ccccc24)ccc1P3(=O)c1ccccc1. The summed E-state index contributed by atoms with van der Waals surface area (Å²) in [5, 5.41) is 10.0. The Morgan fingerprint density at radius 1 is 0.558 bits per heavy atom. The highest BCUT2D eigenvalue weighted by molar-refractivity contribution is 7.86. The van der Waals surface area contributed by atoms with Gasteiger partial charge in [-0.2, -0.15) is 0 Å². The third-order valence-electron chi connectivity index (χ3n) is 10.9. The Hall–Kier alpha value is -5.80. The van der Waals surface area contributed by atoms with Gasteiger partial charge in [0, 0.05) is 42.5 Å². The molecule has 1 aliphatic rings. The lowest BCUT2D eigenvalue weighted by atomic mass is 9.86. The summed E-state index contributed by atoms with van der Waals surface area (Å²) >= 11 is 1.86. The van der Waals surface area contributed by atoms with Crippen LogP contribution in [0.2, 0.25) is 0 Å². The molecule has 3 nitrogen and oxygen atoms in total. The molecule has 5 heteroatoms. The van der Waals surface area contributed by atoms with E-state index in [9.17, 15) is 0 Å². The number of benzene rings is 8. The van der Waals surface area contributed by atoms with Gasteiger partial charge in [0.15, 0.2) is 7.14 Å². The number of nitrogens with zero attached hydrogens (tertiary/aromatic N) is 2. The molecule has 1 atom stereocenters. The van der Waals surface area contributed by atoms with Gasteiger partial charge >= 0.3 is 0 Å². The number of hydrogen-bond donors (Lipinski definition) is 0. The van der Waals surface area contributed by atoms with Gasteiger partial charge in [-0.25, -0.2) is 4.98 Å². The molecule has 8 aromatic carbocycles. The van der Waals surface area contributed by atoms with Crippen LogP contribution in [-0.4, -0.2) is 9.55 Å². The van der Waals surface area contributed by atoms with Crippen molar-refractivity contribution in [2.24, 2.45) is 0 Å². The van der Waals surface area contributed by atoms with Crippen LogP contribution >= 0.6 is 18.5 Å². The molecule has 246 valence electrons. The summed E-state index contributed by atoms with van der Waals surface area (Å²) in [7, 11) is -3.21. The average Bonchev–Trinajstić information content (AvgIpc) is 3.77. The van der Waals surface area contributed by atoms with E-state index in [1.54, 1.807) is 0 Å². The zero-order valence-corrected chi connectivity index (χ0v) is 30.1. The van der Waals surface area contributed by atoms with E-state index >= 15 is 4.57 Å². The lowest BCUT2D eigenvalue weighted by Gasteiger charge is -2.30. The molecule has 1 unspecified atom stereocenters. The first kappa shape index (κ1) is 29.9. The smallest absolute Gasteiger partial charge is 0.175 e. The largest absolute Gasteiger partial charge is 0.308 e. The lowest BCUT2D eigenvalue weighted by Crippen LogP contribution is -2.33. The first-order valence-corrected chi connectivity index (χ1v) is 20.3. The summed E-state index contributed by atoms with van der Waals surface area (Å²) in [4.78, 5) is 5.09. The zero-order chi connectivity index (χ0) is 34.6. The van der Waals surface area contributed by atoms with E-state index in [0.717, 1.165) is 50.4 Å². The van der Waals surface area contributed by atoms with Crippen LogP contribution in [0, 0.1) is 0 Å². The van der Waals surface area contributed by atoms with Crippen molar-refractivity contribution in [2.45, 2.75) is 13.3 Å². The molecule has 11 rings (SSSR count). The zero-order valence-electron chi connectivity index (χ0n) is 28.4. The maximum absolute atomic E-state index is 15.7. The highest BCUT2D eigenvalue weighted by Gasteiger charge is 2.40. The monoisotopic (exact) mass is 702 g/mol. The summed E-state index contributed by atoms with van der Waals surface area (Å²) in [5.74, 6) is 0.974. The fourth-order valence-electron chi connectivity index (χ4n) is 8.71. The van der Waals surface area contributed by atoms with E-state index in [1.807, 2.05) is 53.8 Å². The standard InChI is InChI=1S/C47H31N2OPS/c1-2-44-48-38-20-12-21-41-47(38)49(44)39-27-29(24-26-40(39)51(41,50)31-13-4-3-5-14-31)45-34-16-6-8-18-36(34)46(37-19-9-7-17-35(37)45)30-23-25-33-32-15-10-11-22-42(32)52-43(33)28-30/h3-28H,2H2,1H3. The molecule has 1 aliphatic heterocycles. The number of fused-ring (bicyclic) bond motifs is 7. The Labute approximate surface area is 304 Å². The Morgan fingerprint density at radius 2 is 1.15 bits per heavy atom. The topological polar surface area (TPSA) is 34.9 Å². The Morgan fingerprint density at radius 3 is 1.85 bits per heavy atom. The van der Waals surface area contributed by atoms with Crippen LogP contribution in [0.4, 0.5) is 0 Å². The van der Waals surface area contributed by atoms with Crippen LogP contribution in [0.25, 0.3) is 80.7 Å². The minimum Gasteiger partial charge on any atom is -0.308 e. The van der Waals surface area contributed by atoms with Crippen molar-refractivity contribution in [3.05, 3.63) is 164 Å². The van der Waals surface area contributed by atoms with Gasteiger partial charge in [0.25, 0.3) is 0 Å². The average molecular weight is 703 g/mol. The molecule has 0 N–H and O–H groups in total. The highest BCUT2D eigenvalue weighted by atomic mass is 32.1. The summed E-state index contributed by atoms with van der Waals surface area (Å²) in [6, 6.07) is 56.0. The van der Waals surface area contributed by atoms with Crippen LogP contribution in [0.1, 0.15) is 12.7 Å². The maximum Gasteiger partial charge on any atom is 0.175 e. The van der Waals surface area contributed by atoms with Gasteiger partial charge in [-0.3, -0.25) is 4.57 Å². The maximum atomic E-state index is 15.7. The van der Waals surface area contributed by atoms with Gasteiger partial charge in [-0.1, -0.05) is 128 Å². The molecule has 0 fully saturated rings. The van der Waals surface area contributed by atoms with Crippen molar-refractivity contribution < 1.29 is 4.57 Å². The third-order valence-corrected chi connectivity index (χ3v) is 15.2. The Bertz CT molecular complexity index is 3100. The van der Waals surface area contributed by atoms with E-state index in [1.165, 1.54) is 58.4 Å². The Kier molecular flexibility index (Phi) is 6.38. The van der Waals surface area contributed by atoms with E-state index in [-0.39, 0.29) is 0 Å². The van der Waals surface area contributed by atoms with Crippen molar-refractivity contribution in [3.63, 3.8) is 0 Å². The van der Waals surface area contributed by atoms with Crippen molar-refractivity contribution in [1.82, 2.24) is 9.55 Å². The van der Waals surface area contributed by atoms with Gasteiger partial charge in [0.05, 0.1) is 16.7 Å². The summed E-state index contributed by atoms with van der Waals surface area (Å²) < 4.78 is 20.6. The van der Waals surface area contributed by atoms with Gasteiger partial charge in [-0.05, 0) is 80.2 Å². The van der Waals surface area contributed by atoms with Crippen molar-refractivity contribution >= 4 is 87.1 Å². The number of thiophene rings is 1. The van der Waals surface area contributed by atoms with Crippen LogP contribution in [0.3, 0.4) is 0 Å². The molecule has 10 aromatic rings. The molecule has 0 aliphatic carbocycles. The molecule has 0 amide bonds. The summed E-state index contributed by atoms with van der Waals surface area (Å²) in [6.07, 6.45) is 0.762. The number of imidazole rings is 1. The molecular formula is C47H31N2OPS. The third kappa shape index (κ3) is 4.02. The van der Waals surface area contributed by atoms with Crippen LogP contribution in [-0.2, 0) is 11.0 Å². The molecule has 2 aromatic heterocycles. The molecular weight excluding hydrogens is 672 g/mol. The van der Waals surface area contributed by atoms with Gasteiger partial charge in [-0.15, -0.1) is 11.3 Å². The number of hydrogen-bond acceptors (Lipinski definition) is 3. The van der Waals surface area contributed by atoms with E-state index in [0.29, 0.717) is 0 Å². The van der Waals surface area contributed by atoms with Crippen molar-refractivity contribution in [3.8, 4) is 27.9 Å². The van der Waals surface area contributed by atoms with E-state index in [4.69, 9.17) is 4.98 Å². The van der Waals surface area contributed by atoms with Crippen LogP contribution < -0.4 is 15.9 Å². The minimum atomic E-state index is -3.21. The second-order valence-electron chi connectivity index (χ2n) is 13.7. The summed E-state index contributed by atoms with van der Waals surface area (Å²) in [6.45, 7) is 2.15. The van der Waals surface area contributed by atoms with Crippen molar-refractivity contribution in [1.29, 1.82) is 0 Å².